The summed E-state index contributed by atoms with van der Waals surface area (Å²) in [6, 6.07) is 0. The van der Waals surface area contributed by atoms with Gasteiger partial charge in [0.05, 0.1) is 0 Å². The number of unbranched alkanes of at least 4 members (excludes halogenated alkanes) is 6. The third-order valence-electron chi connectivity index (χ3n) is 4.59. The van der Waals surface area contributed by atoms with Gasteiger partial charge in [0, 0.05) is 13.6 Å². The number of nitrogens with zero attached hydrogens (tertiary/aromatic N) is 3. The molecule has 0 aliphatic carbocycles. The zero-order valence-electron chi connectivity index (χ0n) is 16.2. The number of carboxylic acids is 1. The lowest BCUT2D eigenvalue weighted by molar-refractivity contribution is -0.136. The van der Waals surface area contributed by atoms with Gasteiger partial charge >= 0.3 is 11.7 Å². The molecule has 1 atom stereocenters. The first-order valence-corrected chi connectivity index (χ1v) is 10.3. The average molecular weight is 397 g/mol. The van der Waals surface area contributed by atoms with Crippen LogP contribution in [-0.4, -0.2) is 35.4 Å². The average Bonchev–Trinajstić information content (AvgIpc) is 2.97. The van der Waals surface area contributed by atoms with Crippen molar-refractivity contribution in [2.24, 2.45) is 7.05 Å². The van der Waals surface area contributed by atoms with Gasteiger partial charge in [-0.2, -0.15) is 0 Å². The molecule has 0 aliphatic rings. The molecular formula is C18H28N4O4S. The number of H-pyrrole nitrogens is 1. The molecule has 150 valence electrons. The summed E-state index contributed by atoms with van der Waals surface area (Å²) in [5.41, 5.74) is -0.413. The highest BCUT2D eigenvalue weighted by molar-refractivity contribution is 8.00. The van der Waals surface area contributed by atoms with Crippen LogP contribution >= 0.6 is 11.8 Å². The first kappa shape index (κ1) is 21.3. The quantitative estimate of drug-likeness (QED) is 0.446. The monoisotopic (exact) mass is 396 g/mol. The van der Waals surface area contributed by atoms with Crippen LogP contribution in [0.1, 0.15) is 58.8 Å². The molecular weight excluding hydrogens is 368 g/mol. The Morgan fingerprint density at radius 3 is 2.44 bits per heavy atom. The van der Waals surface area contributed by atoms with Gasteiger partial charge in [0.1, 0.15) is 5.25 Å². The Morgan fingerprint density at radius 2 is 1.81 bits per heavy atom. The fraction of sp³-hybridized carbons (Fsp3) is 0.667. The number of rotatable bonds is 11. The van der Waals surface area contributed by atoms with Crippen LogP contribution in [0.15, 0.2) is 14.7 Å². The van der Waals surface area contributed by atoms with E-state index >= 15 is 0 Å². The summed E-state index contributed by atoms with van der Waals surface area (Å²) in [6.45, 7) is 4.33. The van der Waals surface area contributed by atoms with Gasteiger partial charge in [-0.15, -0.1) is 0 Å². The van der Waals surface area contributed by atoms with E-state index in [4.69, 9.17) is 0 Å². The van der Waals surface area contributed by atoms with Crippen molar-refractivity contribution >= 4 is 28.9 Å². The van der Waals surface area contributed by atoms with Crippen molar-refractivity contribution < 1.29 is 9.90 Å². The van der Waals surface area contributed by atoms with Crippen molar-refractivity contribution in [3.63, 3.8) is 0 Å². The molecule has 0 saturated carbocycles. The highest BCUT2D eigenvalue weighted by Gasteiger charge is 2.21. The van der Waals surface area contributed by atoms with Gasteiger partial charge in [0.2, 0.25) is 0 Å². The van der Waals surface area contributed by atoms with Gasteiger partial charge in [-0.3, -0.25) is 19.1 Å². The summed E-state index contributed by atoms with van der Waals surface area (Å²) in [5, 5.41) is 8.95. The summed E-state index contributed by atoms with van der Waals surface area (Å²) in [7, 11) is 1.54. The summed E-state index contributed by atoms with van der Waals surface area (Å²) in [5.74, 6) is -0.947. The Hall–Kier alpha value is -2.03. The molecule has 0 aromatic carbocycles. The third kappa shape index (κ3) is 5.24. The summed E-state index contributed by atoms with van der Waals surface area (Å²) in [6.07, 6.45) is 7.94. The second-order valence-corrected chi connectivity index (χ2v) is 8.06. The van der Waals surface area contributed by atoms with Gasteiger partial charge in [0.25, 0.3) is 5.56 Å². The van der Waals surface area contributed by atoms with Gasteiger partial charge in [-0.1, -0.05) is 57.2 Å². The van der Waals surface area contributed by atoms with Crippen LogP contribution in [-0.2, 0) is 18.4 Å². The molecule has 0 saturated heterocycles. The smallest absolute Gasteiger partial charge is 0.329 e. The molecule has 0 spiro atoms. The topological polar surface area (TPSA) is 110 Å². The molecule has 2 heterocycles. The summed E-state index contributed by atoms with van der Waals surface area (Å²) >= 11 is 1.09. The number of aryl methyl sites for hydroxylation is 2. The molecule has 0 radical (unpaired) electrons. The minimum atomic E-state index is -0.947. The van der Waals surface area contributed by atoms with Gasteiger partial charge in [-0.05, 0) is 13.3 Å². The van der Waals surface area contributed by atoms with Crippen LogP contribution < -0.4 is 11.2 Å². The van der Waals surface area contributed by atoms with Crippen molar-refractivity contribution in [2.45, 2.75) is 75.7 Å². The second-order valence-electron chi connectivity index (χ2n) is 6.76. The SMILES string of the molecule is CCCCCCCCCn1c(S[C@H](C)C(=O)O)nc2c1c(=O)[nH]c(=O)n2C. The molecule has 9 heteroatoms. The Bertz CT molecular complexity index is 899. The lowest BCUT2D eigenvalue weighted by Crippen LogP contribution is -2.29. The number of imidazole rings is 1. The zero-order chi connectivity index (χ0) is 20.0. The van der Waals surface area contributed by atoms with E-state index in [2.05, 4.69) is 16.9 Å². The second kappa shape index (κ2) is 9.77. The maximum Gasteiger partial charge on any atom is 0.329 e. The number of nitrogens with one attached hydrogen (secondary N) is 1. The van der Waals surface area contributed by atoms with E-state index in [-0.39, 0.29) is 5.65 Å². The minimum Gasteiger partial charge on any atom is -0.480 e. The molecule has 27 heavy (non-hydrogen) atoms. The van der Waals surface area contributed by atoms with Crippen molar-refractivity contribution in [3.05, 3.63) is 20.8 Å². The predicted molar refractivity (Wildman–Crippen MR) is 107 cm³/mol. The Labute approximate surface area is 162 Å². The fourth-order valence-electron chi connectivity index (χ4n) is 2.95. The number of hydrogen-bond donors (Lipinski definition) is 2. The largest absolute Gasteiger partial charge is 0.480 e. The maximum atomic E-state index is 12.4. The molecule has 0 amide bonds. The molecule has 0 fully saturated rings. The third-order valence-corrected chi connectivity index (χ3v) is 5.66. The van der Waals surface area contributed by atoms with E-state index in [1.54, 1.807) is 18.5 Å². The number of carboxylic acid groups (broad SMARTS) is 1. The number of thioether (sulfide) groups is 1. The molecule has 8 nitrogen and oxygen atoms in total. The normalized spacial score (nSPS) is 12.6. The summed E-state index contributed by atoms with van der Waals surface area (Å²) < 4.78 is 3.04. The van der Waals surface area contributed by atoms with Gasteiger partial charge < -0.3 is 9.67 Å². The number of aromatic nitrogens is 4. The Kier molecular flexibility index (Phi) is 7.70. The van der Waals surface area contributed by atoms with Crippen LogP contribution in [0.25, 0.3) is 11.2 Å². The highest BCUT2D eigenvalue weighted by atomic mass is 32.2. The van der Waals surface area contributed by atoms with Crippen molar-refractivity contribution in [1.29, 1.82) is 0 Å². The van der Waals surface area contributed by atoms with Crippen LogP contribution in [0, 0.1) is 0 Å². The first-order valence-electron chi connectivity index (χ1n) is 9.45. The molecule has 2 aromatic heterocycles. The van der Waals surface area contributed by atoms with E-state index in [0.717, 1.165) is 31.0 Å². The molecule has 2 N–H and O–H groups in total. The van der Waals surface area contributed by atoms with Crippen LogP contribution in [0.5, 0.6) is 0 Å². The first-order chi connectivity index (χ1) is 12.9. The van der Waals surface area contributed by atoms with Crippen molar-refractivity contribution in [3.8, 4) is 0 Å². The molecule has 2 rings (SSSR count). The summed E-state index contributed by atoms with van der Waals surface area (Å²) in [4.78, 5) is 42.1. The maximum absolute atomic E-state index is 12.4. The van der Waals surface area contributed by atoms with Gasteiger partial charge in [0.15, 0.2) is 16.3 Å². The van der Waals surface area contributed by atoms with E-state index in [1.165, 1.54) is 30.3 Å². The number of fused-ring (bicyclic) bond motifs is 1. The van der Waals surface area contributed by atoms with Crippen LogP contribution in [0.2, 0.25) is 0 Å². The van der Waals surface area contributed by atoms with E-state index < -0.39 is 22.5 Å². The lowest BCUT2D eigenvalue weighted by Gasteiger charge is -2.10. The highest BCUT2D eigenvalue weighted by Crippen LogP contribution is 2.26. The van der Waals surface area contributed by atoms with Crippen molar-refractivity contribution in [1.82, 2.24) is 19.1 Å². The van der Waals surface area contributed by atoms with Gasteiger partial charge in [-0.25, -0.2) is 9.78 Å². The lowest BCUT2D eigenvalue weighted by atomic mass is 10.1. The zero-order valence-corrected chi connectivity index (χ0v) is 17.0. The van der Waals surface area contributed by atoms with Crippen molar-refractivity contribution in [2.75, 3.05) is 0 Å². The molecule has 2 aromatic rings. The number of carbonyl (C=O) groups is 1. The number of aromatic amines is 1. The van der Waals surface area contributed by atoms with Crippen LogP contribution in [0.4, 0.5) is 0 Å². The Balaban J connectivity index is 2.25. The molecule has 0 unspecified atom stereocenters. The predicted octanol–water partition coefficient (Wildman–Crippen LogP) is 2.74. The molecule has 0 bridgehead atoms. The van der Waals surface area contributed by atoms with E-state index in [0.29, 0.717) is 17.2 Å². The van der Waals surface area contributed by atoms with E-state index in [9.17, 15) is 19.5 Å². The number of hydrogen-bond acceptors (Lipinski definition) is 5. The standard InChI is InChI=1S/C18H28N4O4S/c1-4-5-6-7-8-9-10-11-22-13-14(21(3)17(26)20-15(13)23)19-18(22)27-12(2)16(24)25/h12H,4-11H2,1-3H3,(H,24,25)(H,20,23,26)/t12-/m1/s1. The van der Waals surface area contributed by atoms with E-state index in [1.807, 2.05) is 0 Å². The molecule has 0 aliphatic heterocycles. The Morgan fingerprint density at radius 1 is 1.19 bits per heavy atom. The number of aliphatic carboxylic acids is 1. The van der Waals surface area contributed by atoms with Crippen LogP contribution in [0.3, 0.4) is 0 Å². The minimum absolute atomic E-state index is 0.284. The fourth-order valence-corrected chi connectivity index (χ4v) is 3.81.